The molecule has 1 saturated heterocycles. The molecule has 2 aromatic rings. The number of carbonyl (C=O) groups is 1. The molecule has 0 saturated carbocycles. The normalized spacial score (nSPS) is 14.3. The van der Waals surface area contributed by atoms with Gasteiger partial charge in [-0.1, -0.05) is 12.1 Å². The van der Waals surface area contributed by atoms with Gasteiger partial charge in [0, 0.05) is 13.1 Å². The minimum atomic E-state index is -0.493. The quantitative estimate of drug-likeness (QED) is 0.424. The molecule has 1 fully saturated rings. The van der Waals surface area contributed by atoms with Gasteiger partial charge in [-0.3, -0.25) is 14.9 Å². The van der Waals surface area contributed by atoms with E-state index in [2.05, 4.69) is 15.3 Å². The van der Waals surface area contributed by atoms with Gasteiger partial charge in [-0.25, -0.2) is 9.97 Å². The number of benzene rings is 1. The number of rotatable bonds is 7. The first kappa shape index (κ1) is 20.3. The maximum atomic E-state index is 11.9. The van der Waals surface area contributed by atoms with Gasteiger partial charge in [-0.15, -0.1) is 0 Å². The topological polar surface area (TPSA) is 120 Å². The predicted octanol–water partition coefficient (Wildman–Crippen LogP) is 2.92. The Hall–Kier alpha value is -3.43. The van der Waals surface area contributed by atoms with Crippen LogP contribution in [0, 0.1) is 16.0 Å². The van der Waals surface area contributed by atoms with Crippen LogP contribution in [0.5, 0.6) is 5.75 Å². The third-order valence-electron chi connectivity index (χ3n) is 4.75. The number of hydrogen-bond donors (Lipinski definition) is 1. The summed E-state index contributed by atoms with van der Waals surface area (Å²) >= 11 is 0. The van der Waals surface area contributed by atoms with E-state index in [0.717, 1.165) is 0 Å². The number of hydrogen-bond acceptors (Lipinski definition) is 9. The van der Waals surface area contributed by atoms with E-state index in [1.165, 1.54) is 13.4 Å². The summed E-state index contributed by atoms with van der Waals surface area (Å²) in [6.07, 6.45) is 2.38. The Bertz CT molecular complexity index is 883. The SMILES string of the molecule is CCOc1ccccc1Nc1ncnc(N2CCC(C(=O)OC)CC2)c1[N+](=O)[O-]. The second-order valence-corrected chi connectivity index (χ2v) is 6.49. The van der Waals surface area contributed by atoms with E-state index in [9.17, 15) is 14.9 Å². The van der Waals surface area contributed by atoms with E-state index >= 15 is 0 Å². The van der Waals surface area contributed by atoms with E-state index in [4.69, 9.17) is 9.47 Å². The zero-order chi connectivity index (χ0) is 20.8. The molecule has 0 bridgehead atoms. The molecule has 0 spiro atoms. The van der Waals surface area contributed by atoms with Crippen molar-refractivity contribution >= 4 is 29.0 Å². The molecule has 0 aliphatic carbocycles. The van der Waals surface area contributed by atoms with Crippen LogP contribution in [0.4, 0.5) is 23.0 Å². The first-order valence-electron chi connectivity index (χ1n) is 9.36. The van der Waals surface area contributed by atoms with Crippen molar-refractivity contribution in [2.24, 2.45) is 5.92 Å². The molecule has 1 aliphatic rings. The molecule has 2 heterocycles. The van der Waals surface area contributed by atoms with Gasteiger partial charge < -0.3 is 19.7 Å². The number of ether oxygens (including phenoxy) is 2. The first-order chi connectivity index (χ1) is 14.0. The van der Waals surface area contributed by atoms with Crippen LogP contribution in [0.3, 0.4) is 0 Å². The summed E-state index contributed by atoms with van der Waals surface area (Å²) < 4.78 is 10.4. The molecule has 1 aromatic heterocycles. The zero-order valence-electron chi connectivity index (χ0n) is 16.3. The van der Waals surface area contributed by atoms with Crippen LogP contribution in [0.25, 0.3) is 0 Å². The summed E-state index contributed by atoms with van der Waals surface area (Å²) in [5.74, 6) is 0.430. The third-order valence-corrected chi connectivity index (χ3v) is 4.75. The summed E-state index contributed by atoms with van der Waals surface area (Å²) in [6, 6.07) is 7.16. The van der Waals surface area contributed by atoms with E-state index in [-0.39, 0.29) is 29.2 Å². The Kier molecular flexibility index (Phi) is 6.43. The number of nitrogens with zero attached hydrogens (tertiary/aromatic N) is 4. The second kappa shape index (κ2) is 9.18. The van der Waals surface area contributed by atoms with E-state index in [1.807, 2.05) is 13.0 Å². The van der Waals surface area contributed by atoms with Crippen LogP contribution in [0.1, 0.15) is 19.8 Å². The molecule has 0 radical (unpaired) electrons. The van der Waals surface area contributed by atoms with Crippen molar-refractivity contribution < 1.29 is 19.2 Å². The van der Waals surface area contributed by atoms with Crippen LogP contribution in [0.15, 0.2) is 30.6 Å². The van der Waals surface area contributed by atoms with E-state index in [1.54, 1.807) is 23.1 Å². The molecule has 154 valence electrons. The Morgan fingerprint density at radius 3 is 2.69 bits per heavy atom. The predicted molar refractivity (Wildman–Crippen MR) is 107 cm³/mol. The van der Waals surface area contributed by atoms with Gasteiger partial charge in [0.1, 0.15) is 12.1 Å². The molecule has 3 rings (SSSR count). The van der Waals surface area contributed by atoms with Gasteiger partial charge in [-0.05, 0) is 31.9 Å². The number of esters is 1. The minimum absolute atomic E-state index is 0.0854. The second-order valence-electron chi connectivity index (χ2n) is 6.49. The molecule has 1 aliphatic heterocycles. The van der Waals surface area contributed by atoms with Gasteiger partial charge in [0.25, 0.3) is 0 Å². The maximum Gasteiger partial charge on any atom is 0.353 e. The highest BCUT2D eigenvalue weighted by Gasteiger charge is 2.32. The van der Waals surface area contributed by atoms with Crippen molar-refractivity contribution in [3.05, 3.63) is 40.7 Å². The molecule has 1 aromatic carbocycles. The number of piperidine rings is 1. The lowest BCUT2D eigenvalue weighted by Crippen LogP contribution is -2.37. The smallest absolute Gasteiger partial charge is 0.353 e. The molecular weight excluding hydrogens is 378 g/mol. The van der Waals surface area contributed by atoms with Crippen molar-refractivity contribution in [1.82, 2.24) is 9.97 Å². The summed E-state index contributed by atoms with van der Waals surface area (Å²) in [7, 11) is 1.36. The number of nitro groups is 1. The highest BCUT2D eigenvalue weighted by molar-refractivity contribution is 5.77. The number of anilines is 3. The van der Waals surface area contributed by atoms with Crippen LogP contribution in [-0.2, 0) is 9.53 Å². The minimum Gasteiger partial charge on any atom is -0.492 e. The fraction of sp³-hybridized carbons (Fsp3) is 0.421. The highest BCUT2D eigenvalue weighted by Crippen LogP contribution is 2.37. The lowest BCUT2D eigenvalue weighted by atomic mass is 9.97. The number of carbonyl (C=O) groups excluding carboxylic acids is 1. The van der Waals surface area contributed by atoms with Gasteiger partial charge in [-0.2, -0.15) is 0 Å². The third kappa shape index (κ3) is 4.53. The summed E-state index contributed by atoms with van der Waals surface area (Å²) in [5, 5.41) is 14.9. The molecule has 0 unspecified atom stereocenters. The maximum absolute atomic E-state index is 11.9. The zero-order valence-corrected chi connectivity index (χ0v) is 16.3. The van der Waals surface area contributed by atoms with Crippen LogP contribution >= 0.6 is 0 Å². The lowest BCUT2D eigenvalue weighted by molar-refractivity contribution is -0.383. The van der Waals surface area contributed by atoms with Crippen molar-refractivity contribution in [2.45, 2.75) is 19.8 Å². The summed E-state index contributed by atoms with van der Waals surface area (Å²) in [6.45, 7) is 3.25. The van der Waals surface area contributed by atoms with Gasteiger partial charge >= 0.3 is 11.7 Å². The molecule has 1 N–H and O–H groups in total. The molecule has 0 amide bonds. The van der Waals surface area contributed by atoms with E-state index < -0.39 is 4.92 Å². The van der Waals surface area contributed by atoms with E-state index in [0.29, 0.717) is 44.0 Å². The van der Waals surface area contributed by atoms with Gasteiger partial charge in [0.15, 0.2) is 0 Å². The van der Waals surface area contributed by atoms with Crippen molar-refractivity contribution in [3.8, 4) is 5.75 Å². The summed E-state index contributed by atoms with van der Waals surface area (Å²) in [5.41, 5.74) is 0.363. The monoisotopic (exact) mass is 401 g/mol. The van der Waals surface area contributed by atoms with Gasteiger partial charge in [0.2, 0.25) is 11.6 Å². The van der Waals surface area contributed by atoms with Crippen LogP contribution in [-0.4, -0.2) is 47.7 Å². The van der Waals surface area contributed by atoms with Gasteiger partial charge in [0.05, 0.1) is 30.2 Å². The average Bonchev–Trinajstić information content (AvgIpc) is 2.74. The molecular formula is C19H23N5O5. The fourth-order valence-corrected chi connectivity index (χ4v) is 3.33. The Morgan fingerprint density at radius 1 is 1.31 bits per heavy atom. The number of methoxy groups -OCH3 is 1. The fourth-order valence-electron chi connectivity index (χ4n) is 3.33. The first-order valence-corrected chi connectivity index (χ1v) is 9.36. The molecule has 0 atom stereocenters. The lowest BCUT2D eigenvalue weighted by Gasteiger charge is -2.31. The Morgan fingerprint density at radius 2 is 2.03 bits per heavy atom. The largest absolute Gasteiger partial charge is 0.492 e. The molecule has 10 heteroatoms. The highest BCUT2D eigenvalue weighted by atomic mass is 16.6. The molecule has 29 heavy (non-hydrogen) atoms. The Balaban J connectivity index is 1.88. The van der Waals surface area contributed by atoms with Crippen LogP contribution < -0.4 is 15.0 Å². The summed E-state index contributed by atoms with van der Waals surface area (Å²) in [4.78, 5) is 33.2. The average molecular weight is 401 g/mol. The van der Waals surface area contributed by atoms with Crippen molar-refractivity contribution in [2.75, 3.05) is 37.0 Å². The standard InChI is InChI=1S/C19H23N5O5/c1-3-29-15-7-5-4-6-14(15)22-17-16(24(26)27)18(21-12-20-17)23-10-8-13(9-11-23)19(25)28-2/h4-7,12-13H,3,8-11H2,1-2H3,(H,20,21,22). The van der Waals surface area contributed by atoms with Crippen LogP contribution in [0.2, 0.25) is 0 Å². The Labute approximate surface area is 168 Å². The number of aromatic nitrogens is 2. The van der Waals surface area contributed by atoms with Crippen molar-refractivity contribution in [1.29, 1.82) is 0 Å². The van der Waals surface area contributed by atoms with Crippen molar-refractivity contribution in [3.63, 3.8) is 0 Å². The molecule has 10 nitrogen and oxygen atoms in total. The number of para-hydroxylation sites is 2. The number of nitrogens with one attached hydrogen (secondary N) is 1.